The standard InChI is InChI=1S/C15H14N2O2S9/c1-12-7-9-14(10-8-12)28(18,19)17-16-15(13-5-3-2-4-6-13)11-21-23-25-27-26-24-22-20/h2-10H,11H2,1H3/p+1. The first-order chi connectivity index (χ1) is 13.5. The summed E-state index contributed by atoms with van der Waals surface area (Å²) in [6.45, 7) is 1.90. The van der Waals surface area contributed by atoms with E-state index >= 15 is 0 Å². The van der Waals surface area contributed by atoms with Gasteiger partial charge in [-0.15, -0.1) is 0 Å². The van der Waals surface area contributed by atoms with Crippen LogP contribution in [0.15, 0.2) is 64.0 Å². The number of sulfonamides is 1. The molecule has 0 fully saturated rings. The number of aryl methyl sites for hydroxylation is 1. The average Bonchev–Trinajstić information content (AvgIpc) is 2.70. The van der Waals surface area contributed by atoms with Gasteiger partial charge in [0.1, 0.15) is 5.75 Å². The monoisotopic (exact) mass is 543 g/mol. The fourth-order valence-electron chi connectivity index (χ4n) is 1.81. The minimum atomic E-state index is -3.83. The molecule has 28 heavy (non-hydrogen) atoms. The van der Waals surface area contributed by atoms with Crippen molar-refractivity contribution in [3.63, 3.8) is 0 Å². The fraction of sp³-hybridized carbons (Fsp3) is 0.133. The Hall–Kier alpha value is 0.570. The highest BCUT2D eigenvalue weighted by molar-refractivity contribution is 9.48. The second-order valence-electron chi connectivity index (χ2n) is 4.96. The molecule has 0 atom stereocenters. The van der Waals surface area contributed by atoms with Crippen molar-refractivity contribution in [1.82, 2.24) is 0 Å². The number of hydrogen-bond acceptors (Lipinski definition) is 10. The van der Waals surface area contributed by atoms with Crippen molar-refractivity contribution in [1.29, 1.82) is 0 Å². The van der Waals surface area contributed by atoms with Crippen molar-refractivity contribution in [3.8, 4) is 0 Å². The molecule has 150 valence electrons. The van der Waals surface area contributed by atoms with E-state index in [1.165, 1.54) is 9.83 Å². The Labute approximate surface area is 196 Å². The van der Waals surface area contributed by atoms with Crippen molar-refractivity contribution in [3.05, 3.63) is 65.7 Å². The SMILES string of the molecule is Cc1ccc(S(=O)(=O)N=[N+]=C(CSSSSSSSS)c2ccccc2)cc1. The van der Waals surface area contributed by atoms with E-state index in [2.05, 4.69) is 21.0 Å². The van der Waals surface area contributed by atoms with Gasteiger partial charge in [0.05, 0.1) is 15.2 Å². The fourth-order valence-corrected chi connectivity index (χ4v) is 16.7. The Bertz CT molecular complexity index is 899. The lowest BCUT2D eigenvalue weighted by molar-refractivity contribution is -0.0685. The number of thiol groups is 1. The summed E-state index contributed by atoms with van der Waals surface area (Å²) in [7, 11) is 7.31. The van der Waals surface area contributed by atoms with E-state index in [1.807, 2.05) is 37.3 Å². The van der Waals surface area contributed by atoms with Crippen LogP contribution in [0.5, 0.6) is 0 Å². The average molecular weight is 544 g/mol. The van der Waals surface area contributed by atoms with E-state index < -0.39 is 10.0 Å². The summed E-state index contributed by atoms with van der Waals surface area (Å²) in [5.74, 6) is 0.536. The van der Waals surface area contributed by atoms with Gasteiger partial charge in [-0.3, -0.25) is 0 Å². The van der Waals surface area contributed by atoms with Crippen LogP contribution in [0, 0.1) is 6.92 Å². The Balaban J connectivity index is 2.12. The molecule has 0 saturated heterocycles. The van der Waals surface area contributed by atoms with Gasteiger partial charge in [-0.25, -0.2) is 0 Å². The third-order valence-corrected chi connectivity index (χ3v) is 17.6. The summed E-state index contributed by atoms with van der Waals surface area (Å²) in [6, 6.07) is 16.1. The van der Waals surface area contributed by atoms with E-state index in [4.69, 9.17) is 0 Å². The lowest BCUT2D eigenvalue weighted by atomic mass is 10.1. The molecule has 0 saturated carbocycles. The molecule has 0 aliphatic carbocycles. The van der Waals surface area contributed by atoms with Crippen LogP contribution in [0.3, 0.4) is 0 Å². The van der Waals surface area contributed by atoms with Gasteiger partial charge in [-0.05, 0) is 90.1 Å². The van der Waals surface area contributed by atoms with Gasteiger partial charge in [-0.1, -0.05) is 58.3 Å². The molecule has 0 unspecified atom stereocenters. The highest BCUT2D eigenvalue weighted by Gasteiger charge is 2.21. The molecule has 13 heteroatoms. The van der Waals surface area contributed by atoms with Gasteiger partial charge in [0.15, 0.2) is 0 Å². The first-order valence-electron chi connectivity index (χ1n) is 7.45. The lowest BCUT2D eigenvalue weighted by Gasteiger charge is -1.96. The minimum Gasteiger partial charge on any atom is -0.193 e. The molecule has 4 nitrogen and oxygen atoms in total. The molecule has 0 amide bonds. The maximum absolute atomic E-state index is 12.4. The number of nitrogens with zero attached hydrogens (tertiary/aromatic N) is 2. The van der Waals surface area contributed by atoms with Crippen LogP contribution in [0.4, 0.5) is 0 Å². The Morgan fingerprint density at radius 2 is 1.61 bits per heavy atom. The molecule has 2 rings (SSSR count). The molecular weight excluding hydrogens is 529 g/mol. The van der Waals surface area contributed by atoms with Crippen LogP contribution in [0.2, 0.25) is 0 Å². The van der Waals surface area contributed by atoms with Gasteiger partial charge in [-0.2, -0.15) is 8.42 Å². The lowest BCUT2D eigenvalue weighted by Crippen LogP contribution is -2.06. The van der Waals surface area contributed by atoms with Gasteiger partial charge >= 0.3 is 15.7 Å². The zero-order valence-corrected chi connectivity index (χ0v) is 21.8. The Kier molecular flexibility index (Phi) is 12.2. The second-order valence-corrected chi connectivity index (χ2v) is 18.6. The molecule has 0 aliphatic heterocycles. The molecule has 0 aromatic heterocycles. The Morgan fingerprint density at radius 3 is 2.29 bits per heavy atom. The van der Waals surface area contributed by atoms with Crippen molar-refractivity contribution >= 4 is 97.1 Å². The van der Waals surface area contributed by atoms with E-state index in [0.717, 1.165) is 11.1 Å². The summed E-state index contributed by atoms with van der Waals surface area (Å²) < 4.78 is 28.6. The second kappa shape index (κ2) is 13.8. The van der Waals surface area contributed by atoms with Gasteiger partial charge < -0.3 is 0 Å². The molecule has 0 spiro atoms. The third-order valence-electron chi connectivity index (χ3n) is 3.08. The molecule has 0 radical (unpaired) electrons. The quantitative estimate of drug-likeness (QED) is 0.0785. The van der Waals surface area contributed by atoms with Crippen LogP contribution in [0.25, 0.3) is 0 Å². The topological polar surface area (TPSA) is 60.6 Å². The van der Waals surface area contributed by atoms with Crippen LogP contribution >= 0.6 is 81.4 Å². The van der Waals surface area contributed by atoms with Crippen LogP contribution < -0.4 is 0 Å². The largest absolute Gasteiger partial charge is 0.360 e. The summed E-state index contributed by atoms with van der Waals surface area (Å²) in [5.41, 5.74) is 2.46. The van der Waals surface area contributed by atoms with Crippen molar-refractivity contribution < 1.29 is 13.2 Å². The predicted octanol–water partition coefficient (Wildman–Crippen LogP) is 7.30. The number of rotatable bonds is 11. The first-order valence-corrected chi connectivity index (χ1v) is 18.9. The van der Waals surface area contributed by atoms with Crippen molar-refractivity contribution in [2.75, 3.05) is 5.75 Å². The first kappa shape index (κ1) is 24.8. The smallest absolute Gasteiger partial charge is 0.193 e. The molecule has 0 bridgehead atoms. The maximum atomic E-state index is 12.4. The normalized spacial score (nSPS) is 11.1. The van der Waals surface area contributed by atoms with Gasteiger partial charge in [0, 0.05) is 0 Å². The summed E-state index contributed by atoms with van der Waals surface area (Å²) in [4.78, 5) is 4.23. The molecule has 2 aromatic rings. The highest BCUT2D eigenvalue weighted by atomic mass is 34.0. The van der Waals surface area contributed by atoms with Gasteiger partial charge in [0.2, 0.25) is 4.52 Å². The predicted molar refractivity (Wildman–Crippen MR) is 139 cm³/mol. The summed E-state index contributed by atoms with van der Waals surface area (Å²) >= 11 is 4.06. The van der Waals surface area contributed by atoms with Crippen LogP contribution in [-0.4, -0.2) is 24.7 Å². The summed E-state index contributed by atoms with van der Waals surface area (Å²) in [5, 5.41) is 0. The minimum absolute atomic E-state index is 0.139. The van der Waals surface area contributed by atoms with Crippen molar-refractivity contribution in [2.24, 2.45) is 4.52 Å². The Morgan fingerprint density at radius 1 is 0.964 bits per heavy atom. The molecule has 0 aliphatic rings. The van der Waals surface area contributed by atoms with E-state index in [9.17, 15) is 8.42 Å². The molecule has 0 heterocycles. The van der Waals surface area contributed by atoms with Crippen LogP contribution in [-0.2, 0) is 10.0 Å². The van der Waals surface area contributed by atoms with E-state index in [0.29, 0.717) is 11.5 Å². The third kappa shape index (κ3) is 9.15. The van der Waals surface area contributed by atoms with E-state index in [1.54, 1.807) is 84.2 Å². The highest BCUT2D eigenvalue weighted by Crippen LogP contribution is 2.55. The van der Waals surface area contributed by atoms with E-state index in [-0.39, 0.29) is 4.90 Å². The van der Waals surface area contributed by atoms with Crippen molar-refractivity contribution in [2.45, 2.75) is 11.8 Å². The molecular formula is C15H15N2O2S9+. The van der Waals surface area contributed by atoms with Gasteiger partial charge in [0.25, 0.3) is 0 Å². The summed E-state index contributed by atoms with van der Waals surface area (Å²) in [6.07, 6.45) is 0. The zero-order valence-electron chi connectivity index (χ0n) is 14.3. The van der Waals surface area contributed by atoms with Crippen LogP contribution in [0.1, 0.15) is 11.1 Å². The molecule has 0 N–H and O–H groups in total. The zero-order chi connectivity index (χ0) is 20.2. The number of hydrogen-bond donors (Lipinski definition) is 1. The maximum Gasteiger partial charge on any atom is 0.360 e. The number of benzene rings is 2. The molecule has 2 aromatic carbocycles.